The molecule has 0 spiro atoms. The Bertz CT molecular complexity index is 1120. The van der Waals surface area contributed by atoms with Gasteiger partial charge in [0.05, 0.1) is 25.3 Å². The average Bonchev–Trinajstić information content (AvgIpc) is 3.29. The van der Waals surface area contributed by atoms with Gasteiger partial charge in [0.15, 0.2) is 5.11 Å². The van der Waals surface area contributed by atoms with Gasteiger partial charge in [-0.2, -0.15) is 4.98 Å². The molecule has 2 heterocycles. The van der Waals surface area contributed by atoms with Crippen LogP contribution in [-0.2, 0) is 0 Å². The lowest BCUT2D eigenvalue weighted by atomic mass is 9.94. The Hall–Kier alpha value is -3.39. The van der Waals surface area contributed by atoms with Gasteiger partial charge in [-0.15, -0.1) is 0 Å². The predicted octanol–water partition coefficient (Wildman–Crippen LogP) is 4.83. The van der Waals surface area contributed by atoms with Gasteiger partial charge in [-0.05, 0) is 75.0 Å². The molecular formula is C24H26N4O3S. The maximum absolute atomic E-state index is 5.75. The van der Waals surface area contributed by atoms with E-state index in [1.165, 1.54) is 0 Å². The molecule has 1 unspecified atom stereocenters. The quantitative estimate of drug-likeness (QED) is 0.514. The molecular weight excluding hydrogens is 424 g/mol. The minimum absolute atomic E-state index is 0.218. The molecule has 1 atom stereocenters. The molecule has 32 heavy (non-hydrogen) atoms. The summed E-state index contributed by atoms with van der Waals surface area (Å²) in [5.41, 5.74) is 3.77. The minimum atomic E-state index is -0.218. The number of nitrogens with one attached hydrogen (secondary N) is 1. The van der Waals surface area contributed by atoms with Crippen molar-refractivity contribution in [2.45, 2.75) is 26.8 Å². The molecule has 7 nitrogen and oxygen atoms in total. The normalized spacial score (nSPS) is 16.2. The molecule has 0 saturated carbocycles. The predicted molar refractivity (Wildman–Crippen MR) is 127 cm³/mol. The molecule has 1 aromatic heterocycles. The van der Waals surface area contributed by atoms with E-state index in [0.29, 0.717) is 23.4 Å². The molecule has 8 heteroatoms. The van der Waals surface area contributed by atoms with Gasteiger partial charge in [0.25, 0.3) is 5.89 Å². The highest BCUT2D eigenvalue weighted by atomic mass is 32.1. The van der Waals surface area contributed by atoms with Crippen LogP contribution in [0.4, 0.5) is 0 Å². The van der Waals surface area contributed by atoms with Crippen molar-refractivity contribution >= 4 is 22.9 Å². The van der Waals surface area contributed by atoms with Crippen LogP contribution >= 0.6 is 12.2 Å². The monoisotopic (exact) mass is 450 g/mol. The third-order valence-corrected chi connectivity index (χ3v) is 5.78. The molecule has 0 bridgehead atoms. The fourth-order valence-corrected chi connectivity index (χ4v) is 4.19. The topological polar surface area (TPSA) is 72.7 Å². The Balaban J connectivity index is 1.73. The summed E-state index contributed by atoms with van der Waals surface area (Å²) in [4.78, 5) is 6.76. The summed E-state index contributed by atoms with van der Waals surface area (Å²) in [6.45, 7) is 7.40. The maximum Gasteiger partial charge on any atom is 0.258 e. The first-order chi connectivity index (χ1) is 15.5. The zero-order valence-electron chi connectivity index (χ0n) is 18.6. The number of hydrogen-bond acceptors (Lipinski definition) is 6. The maximum atomic E-state index is 5.75. The van der Waals surface area contributed by atoms with E-state index in [0.717, 1.165) is 40.4 Å². The summed E-state index contributed by atoms with van der Waals surface area (Å²) < 4.78 is 16.6. The molecule has 2 aromatic carbocycles. The average molecular weight is 451 g/mol. The van der Waals surface area contributed by atoms with Crippen molar-refractivity contribution in [2.75, 3.05) is 20.3 Å². The third kappa shape index (κ3) is 4.18. The van der Waals surface area contributed by atoms with Crippen LogP contribution in [0.15, 0.2) is 58.8 Å². The fraction of sp³-hybridized carbons (Fsp3) is 0.292. The molecule has 1 N–H and O–H groups in total. The Morgan fingerprint density at radius 2 is 1.75 bits per heavy atom. The first-order valence-electron chi connectivity index (χ1n) is 10.6. The minimum Gasteiger partial charge on any atom is -0.497 e. The van der Waals surface area contributed by atoms with Crippen LogP contribution in [0.5, 0.6) is 11.5 Å². The zero-order chi connectivity index (χ0) is 22.7. The van der Waals surface area contributed by atoms with Gasteiger partial charge in [0, 0.05) is 17.8 Å². The van der Waals surface area contributed by atoms with E-state index < -0.39 is 0 Å². The molecule has 0 radical (unpaired) electrons. The van der Waals surface area contributed by atoms with Crippen molar-refractivity contribution in [3.8, 4) is 22.9 Å². The molecule has 4 rings (SSSR count). The Morgan fingerprint density at radius 3 is 2.38 bits per heavy atom. The molecule has 3 aromatic rings. The Labute approximate surface area is 193 Å². The number of hydrogen-bond donors (Lipinski definition) is 1. The number of benzene rings is 2. The van der Waals surface area contributed by atoms with E-state index in [4.69, 9.17) is 31.2 Å². The first-order valence-corrected chi connectivity index (χ1v) is 11.0. The lowest BCUT2D eigenvalue weighted by molar-refractivity contribution is 0.340. The second-order valence-electron chi connectivity index (χ2n) is 7.28. The Kier molecular flexibility index (Phi) is 6.41. The summed E-state index contributed by atoms with van der Waals surface area (Å²) in [5.74, 6) is 2.58. The third-order valence-electron chi connectivity index (χ3n) is 5.44. The molecule has 0 fully saturated rings. The lowest BCUT2D eigenvalue weighted by Crippen LogP contribution is -2.45. The molecule has 0 aliphatic carbocycles. The summed E-state index contributed by atoms with van der Waals surface area (Å²) in [5, 5.41) is 8.34. The van der Waals surface area contributed by atoms with Gasteiger partial charge in [-0.3, -0.25) is 0 Å². The van der Waals surface area contributed by atoms with E-state index in [1.54, 1.807) is 7.11 Å². The zero-order valence-corrected chi connectivity index (χ0v) is 19.4. The van der Waals surface area contributed by atoms with E-state index in [1.807, 2.05) is 67.3 Å². The summed E-state index contributed by atoms with van der Waals surface area (Å²) in [6, 6.07) is 15.3. The van der Waals surface area contributed by atoms with Crippen molar-refractivity contribution in [2.24, 2.45) is 0 Å². The van der Waals surface area contributed by atoms with Gasteiger partial charge in [-0.1, -0.05) is 17.3 Å². The van der Waals surface area contributed by atoms with Gasteiger partial charge in [0.2, 0.25) is 5.82 Å². The lowest BCUT2D eigenvalue weighted by Gasteiger charge is -2.36. The van der Waals surface area contributed by atoms with Crippen LogP contribution in [0.3, 0.4) is 0 Å². The molecule has 1 aliphatic heterocycles. The van der Waals surface area contributed by atoms with Gasteiger partial charge in [0.1, 0.15) is 11.5 Å². The SMILES string of the molecule is CCOc1ccc(-c2noc(C3=C(C)N(CC)C(=S)NC3c3ccc(OC)cc3)n2)cc1. The molecule has 0 amide bonds. The van der Waals surface area contributed by atoms with Crippen molar-refractivity contribution in [3.63, 3.8) is 0 Å². The van der Waals surface area contributed by atoms with Crippen molar-refractivity contribution < 1.29 is 14.0 Å². The van der Waals surface area contributed by atoms with Gasteiger partial charge < -0.3 is 24.2 Å². The van der Waals surface area contributed by atoms with E-state index in [-0.39, 0.29) is 6.04 Å². The van der Waals surface area contributed by atoms with Crippen LogP contribution in [0, 0.1) is 0 Å². The molecule has 166 valence electrons. The summed E-state index contributed by atoms with van der Waals surface area (Å²) in [7, 11) is 1.65. The number of nitrogens with zero attached hydrogens (tertiary/aromatic N) is 3. The van der Waals surface area contributed by atoms with Crippen LogP contribution < -0.4 is 14.8 Å². The highest BCUT2D eigenvalue weighted by molar-refractivity contribution is 7.80. The van der Waals surface area contributed by atoms with Crippen molar-refractivity contribution in [3.05, 3.63) is 65.7 Å². The van der Waals surface area contributed by atoms with Crippen LogP contribution in [-0.4, -0.2) is 40.4 Å². The Morgan fingerprint density at radius 1 is 1.06 bits per heavy atom. The van der Waals surface area contributed by atoms with Gasteiger partial charge in [-0.25, -0.2) is 0 Å². The number of ether oxygens (including phenoxy) is 2. The van der Waals surface area contributed by atoms with E-state index in [9.17, 15) is 0 Å². The smallest absolute Gasteiger partial charge is 0.258 e. The molecule has 1 aliphatic rings. The van der Waals surface area contributed by atoms with E-state index >= 15 is 0 Å². The first kappa shape index (κ1) is 21.8. The second kappa shape index (κ2) is 9.40. The highest BCUT2D eigenvalue weighted by Gasteiger charge is 2.33. The number of methoxy groups -OCH3 is 1. The number of rotatable bonds is 7. The largest absolute Gasteiger partial charge is 0.497 e. The standard InChI is InChI=1S/C24H26N4O3S/c1-5-28-15(3)20(21(25-24(28)32)16-7-11-18(29-4)12-8-16)23-26-22(27-31-23)17-9-13-19(14-10-17)30-6-2/h7-14,21H,5-6H2,1-4H3,(H,25,32). The van der Waals surface area contributed by atoms with Crippen LogP contribution in [0.25, 0.3) is 17.0 Å². The van der Waals surface area contributed by atoms with E-state index in [2.05, 4.69) is 17.4 Å². The fourth-order valence-electron chi connectivity index (χ4n) is 3.80. The number of thiocarbonyl (C=S) groups is 1. The number of aromatic nitrogens is 2. The van der Waals surface area contributed by atoms with Crippen molar-refractivity contribution in [1.29, 1.82) is 0 Å². The van der Waals surface area contributed by atoms with Crippen LogP contribution in [0.1, 0.15) is 38.3 Å². The molecule has 0 saturated heterocycles. The van der Waals surface area contributed by atoms with Gasteiger partial charge >= 0.3 is 0 Å². The summed E-state index contributed by atoms with van der Waals surface area (Å²) >= 11 is 5.62. The van der Waals surface area contributed by atoms with Crippen LogP contribution in [0.2, 0.25) is 0 Å². The highest BCUT2D eigenvalue weighted by Crippen LogP contribution is 2.37. The second-order valence-corrected chi connectivity index (χ2v) is 7.67. The van der Waals surface area contributed by atoms with Crippen molar-refractivity contribution in [1.82, 2.24) is 20.4 Å². The summed E-state index contributed by atoms with van der Waals surface area (Å²) in [6.07, 6.45) is 0. The number of allylic oxidation sites excluding steroid dienone is 1.